The molecule has 2 saturated heterocycles. The first kappa shape index (κ1) is 19.2. The summed E-state index contributed by atoms with van der Waals surface area (Å²) < 4.78 is 5.66. The quantitative estimate of drug-likeness (QED) is 0.897. The van der Waals surface area contributed by atoms with Crippen molar-refractivity contribution in [3.63, 3.8) is 0 Å². The van der Waals surface area contributed by atoms with Crippen molar-refractivity contribution in [2.75, 3.05) is 6.54 Å². The van der Waals surface area contributed by atoms with E-state index in [1.54, 1.807) is 0 Å². The lowest BCUT2D eigenvalue weighted by Crippen LogP contribution is -2.67. The second-order valence-electron chi connectivity index (χ2n) is 9.20. The van der Waals surface area contributed by atoms with Gasteiger partial charge in [0.1, 0.15) is 5.60 Å². The third-order valence-corrected chi connectivity index (χ3v) is 5.31. The van der Waals surface area contributed by atoms with Crippen LogP contribution in [0.1, 0.15) is 53.0 Å². The van der Waals surface area contributed by atoms with Gasteiger partial charge in [-0.05, 0) is 53.0 Å². The molecule has 3 atom stereocenters. The molecule has 2 bridgehead atoms. The van der Waals surface area contributed by atoms with E-state index in [1.165, 1.54) is 5.56 Å². The van der Waals surface area contributed by atoms with Crippen LogP contribution in [0, 0.1) is 0 Å². The van der Waals surface area contributed by atoms with Gasteiger partial charge in [-0.1, -0.05) is 30.3 Å². The molecule has 1 amide bonds. The van der Waals surface area contributed by atoms with Crippen LogP contribution in [0.4, 0.5) is 4.79 Å². The highest BCUT2D eigenvalue weighted by Crippen LogP contribution is 2.39. The first-order chi connectivity index (χ1) is 12.1. The van der Waals surface area contributed by atoms with Crippen LogP contribution in [0.3, 0.4) is 0 Å². The SMILES string of the molecule is CC(C)(C)OC(=O)N1[C@@H]2CC[C@H]1[C@@H](C(C)(C)O)N(Cc1ccccc1)C2. The number of hydrogen-bond acceptors (Lipinski definition) is 4. The predicted octanol–water partition coefficient (Wildman–Crippen LogP) is 3.41. The Bertz CT molecular complexity index is 633. The Hall–Kier alpha value is -1.59. The maximum atomic E-state index is 12.8. The van der Waals surface area contributed by atoms with E-state index in [-0.39, 0.29) is 24.2 Å². The Kier molecular flexibility index (Phi) is 5.06. The van der Waals surface area contributed by atoms with E-state index in [0.717, 1.165) is 25.9 Å². The molecule has 0 radical (unpaired) electrons. The number of piperazine rings is 1. The molecule has 2 aliphatic heterocycles. The maximum absolute atomic E-state index is 12.8. The van der Waals surface area contributed by atoms with Crippen molar-refractivity contribution in [2.24, 2.45) is 0 Å². The monoisotopic (exact) mass is 360 g/mol. The number of ether oxygens (including phenoxy) is 1. The smallest absolute Gasteiger partial charge is 0.410 e. The highest BCUT2D eigenvalue weighted by Gasteiger charge is 2.53. The summed E-state index contributed by atoms with van der Waals surface area (Å²) in [5, 5.41) is 10.9. The molecule has 0 spiro atoms. The molecule has 26 heavy (non-hydrogen) atoms. The summed E-state index contributed by atoms with van der Waals surface area (Å²) >= 11 is 0. The first-order valence-corrected chi connectivity index (χ1v) is 9.58. The van der Waals surface area contributed by atoms with Crippen LogP contribution >= 0.6 is 0 Å². The topological polar surface area (TPSA) is 53.0 Å². The van der Waals surface area contributed by atoms with Crippen molar-refractivity contribution in [2.45, 2.75) is 83.3 Å². The van der Waals surface area contributed by atoms with Gasteiger partial charge in [-0.2, -0.15) is 0 Å². The molecule has 5 nitrogen and oxygen atoms in total. The lowest BCUT2D eigenvalue weighted by Gasteiger charge is -2.51. The normalized spacial score (nSPS) is 26.8. The standard InChI is InChI=1S/C21H32N2O3/c1-20(2,3)26-19(24)23-16-11-12-17(23)18(21(4,5)25)22(14-16)13-15-9-7-6-8-10-15/h6-10,16-18,25H,11-14H2,1-5H3/t16-,17+,18+/m1/s1. The van der Waals surface area contributed by atoms with E-state index in [0.29, 0.717) is 0 Å². The van der Waals surface area contributed by atoms with E-state index in [4.69, 9.17) is 4.74 Å². The molecule has 0 aliphatic carbocycles. The van der Waals surface area contributed by atoms with Crippen LogP contribution in [0.5, 0.6) is 0 Å². The minimum absolute atomic E-state index is 0.0210. The number of rotatable bonds is 3. The Morgan fingerprint density at radius 3 is 2.38 bits per heavy atom. The number of benzene rings is 1. The number of carbonyl (C=O) groups excluding carboxylic acids is 1. The first-order valence-electron chi connectivity index (χ1n) is 9.58. The number of carbonyl (C=O) groups is 1. The predicted molar refractivity (Wildman–Crippen MR) is 102 cm³/mol. The lowest BCUT2D eigenvalue weighted by atomic mass is 9.88. The number of fused-ring (bicyclic) bond motifs is 2. The number of likely N-dealkylation sites (tertiary alicyclic amines) is 1. The number of aliphatic hydroxyl groups is 1. The summed E-state index contributed by atoms with van der Waals surface area (Å²) in [5.74, 6) is 0. The number of nitrogens with zero attached hydrogens (tertiary/aromatic N) is 2. The fraction of sp³-hybridized carbons (Fsp3) is 0.667. The summed E-state index contributed by atoms with van der Waals surface area (Å²) in [4.78, 5) is 17.1. The molecule has 5 heteroatoms. The zero-order valence-corrected chi connectivity index (χ0v) is 16.6. The average molecular weight is 360 g/mol. The molecule has 2 heterocycles. The van der Waals surface area contributed by atoms with Crippen molar-refractivity contribution in [1.82, 2.24) is 9.80 Å². The summed E-state index contributed by atoms with van der Waals surface area (Å²) in [7, 11) is 0. The zero-order valence-electron chi connectivity index (χ0n) is 16.6. The third kappa shape index (κ3) is 4.04. The van der Waals surface area contributed by atoms with Gasteiger partial charge in [0, 0.05) is 19.1 Å². The summed E-state index contributed by atoms with van der Waals surface area (Å²) in [6.07, 6.45) is 1.62. The van der Waals surface area contributed by atoms with Crippen molar-refractivity contribution in [3.8, 4) is 0 Å². The molecule has 1 aromatic rings. The molecule has 1 N–H and O–H groups in total. The van der Waals surface area contributed by atoms with E-state index in [1.807, 2.05) is 57.7 Å². The molecule has 2 fully saturated rings. The third-order valence-electron chi connectivity index (χ3n) is 5.31. The largest absolute Gasteiger partial charge is 0.444 e. The summed E-state index contributed by atoms with van der Waals surface area (Å²) in [6, 6.07) is 10.3. The van der Waals surface area contributed by atoms with Gasteiger partial charge in [-0.15, -0.1) is 0 Å². The molecule has 1 aromatic carbocycles. The van der Waals surface area contributed by atoms with E-state index < -0.39 is 11.2 Å². The lowest BCUT2D eigenvalue weighted by molar-refractivity contribution is -0.0909. The molecular formula is C21H32N2O3. The van der Waals surface area contributed by atoms with Crippen LogP contribution in [0.15, 0.2) is 30.3 Å². The molecule has 144 valence electrons. The maximum Gasteiger partial charge on any atom is 0.410 e. The van der Waals surface area contributed by atoms with Gasteiger partial charge < -0.3 is 9.84 Å². The average Bonchev–Trinajstić information content (AvgIpc) is 2.79. The highest BCUT2D eigenvalue weighted by atomic mass is 16.6. The Labute approximate surface area is 156 Å². The van der Waals surface area contributed by atoms with E-state index in [2.05, 4.69) is 17.0 Å². The Morgan fingerprint density at radius 1 is 1.15 bits per heavy atom. The highest BCUT2D eigenvalue weighted by molar-refractivity contribution is 5.70. The van der Waals surface area contributed by atoms with Crippen LogP contribution < -0.4 is 0 Å². The van der Waals surface area contributed by atoms with Crippen LogP contribution in [-0.4, -0.2) is 56.9 Å². The minimum Gasteiger partial charge on any atom is -0.444 e. The summed E-state index contributed by atoms with van der Waals surface area (Å²) in [6.45, 7) is 10.9. The zero-order chi connectivity index (χ0) is 19.1. The van der Waals surface area contributed by atoms with Crippen molar-refractivity contribution in [3.05, 3.63) is 35.9 Å². The van der Waals surface area contributed by atoms with Gasteiger partial charge in [-0.25, -0.2) is 4.79 Å². The fourth-order valence-corrected chi connectivity index (χ4v) is 4.53. The number of amides is 1. The van der Waals surface area contributed by atoms with Gasteiger partial charge in [0.25, 0.3) is 0 Å². The minimum atomic E-state index is -0.908. The molecule has 0 saturated carbocycles. The van der Waals surface area contributed by atoms with Crippen LogP contribution in [0.25, 0.3) is 0 Å². The molecular weight excluding hydrogens is 328 g/mol. The van der Waals surface area contributed by atoms with E-state index in [9.17, 15) is 9.90 Å². The fourth-order valence-electron chi connectivity index (χ4n) is 4.53. The van der Waals surface area contributed by atoms with Crippen molar-refractivity contribution in [1.29, 1.82) is 0 Å². The van der Waals surface area contributed by atoms with Crippen LogP contribution in [-0.2, 0) is 11.3 Å². The van der Waals surface area contributed by atoms with Gasteiger partial charge in [0.2, 0.25) is 0 Å². The number of hydrogen-bond donors (Lipinski definition) is 1. The molecule has 0 aromatic heterocycles. The second-order valence-corrected chi connectivity index (χ2v) is 9.20. The Morgan fingerprint density at radius 2 is 1.81 bits per heavy atom. The van der Waals surface area contributed by atoms with Gasteiger partial charge >= 0.3 is 6.09 Å². The molecule has 2 aliphatic rings. The van der Waals surface area contributed by atoms with Gasteiger partial charge in [-0.3, -0.25) is 9.80 Å². The molecule has 3 rings (SSSR count). The molecule has 0 unspecified atom stereocenters. The van der Waals surface area contributed by atoms with Crippen molar-refractivity contribution < 1.29 is 14.6 Å². The van der Waals surface area contributed by atoms with E-state index >= 15 is 0 Å². The second kappa shape index (κ2) is 6.86. The van der Waals surface area contributed by atoms with Gasteiger partial charge in [0.15, 0.2) is 0 Å². The van der Waals surface area contributed by atoms with Gasteiger partial charge in [0.05, 0.1) is 17.7 Å². The Balaban J connectivity index is 1.85. The summed E-state index contributed by atoms with van der Waals surface area (Å²) in [5.41, 5.74) is -0.191. The van der Waals surface area contributed by atoms with Crippen LogP contribution in [0.2, 0.25) is 0 Å². The van der Waals surface area contributed by atoms with Crippen molar-refractivity contribution >= 4 is 6.09 Å².